The van der Waals surface area contributed by atoms with Crippen molar-refractivity contribution >= 4 is 107 Å². The molecule has 12 atom stereocenters. The van der Waals surface area contributed by atoms with E-state index < -0.39 is 148 Å². The van der Waals surface area contributed by atoms with Crippen LogP contribution in [0.3, 0.4) is 0 Å². The number of carbonyl (C=O) groups is 3. The zero-order chi connectivity index (χ0) is 65.0. The van der Waals surface area contributed by atoms with Gasteiger partial charge in [-0.3, -0.25) is 43.9 Å². The molecule has 0 bridgehead atoms. The van der Waals surface area contributed by atoms with E-state index in [-0.39, 0.29) is 39.2 Å². The minimum Gasteiger partial charge on any atom is -0.439 e. The number of nitrogens with one attached hydrogen (secondary N) is 5. The molecule has 488 valence electrons. The maximum absolute atomic E-state index is 13.4. The number of para-hydroxylation sites is 3. The molecule has 0 aliphatic carbocycles. The number of halogens is 3. The van der Waals surface area contributed by atoms with E-state index in [1.54, 1.807) is 54.6 Å². The molecule has 0 spiro atoms. The van der Waals surface area contributed by atoms with Crippen LogP contribution in [0.1, 0.15) is 12.6 Å². The van der Waals surface area contributed by atoms with Crippen LogP contribution in [-0.4, -0.2) is 158 Å². The number of carbonyl (C=O) groups excluding carboxylic acids is 3. The van der Waals surface area contributed by atoms with Crippen molar-refractivity contribution in [3.8, 4) is 0 Å². The number of hydrogen-bond donors (Lipinski definition) is 10. The number of hydrogen-bond acceptors (Lipinski definition) is 26. The highest BCUT2D eigenvalue weighted by molar-refractivity contribution is 7.99. The van der Waals surface area contributed by atoms with Crippen LogP contribution in [-0.2, 0) is 70.5 Å². The predicted molar refractivity (Wildman–Crippen MR) is 309 cm³/mol. The summed E-state index contributed by atoms with van der Waals surface area (Å²) in [5.74, 6) is 0.0984. The van der Waals surface area contributed by atoms with Gasteiger partial charge in [0.1, 0.15) is 24.4 Å². The highest BCUT2D eigenvalue weighted by atomic mass is 32.2. The Morgan fingerprint density at radius 1 is 0.678 bits per heavy atom. The summed E-state index contributed by atoms with van der Waals surface area (Å²) >= 11 is 2.08. The van der Waals surface area contributed by atoms with Crippen molar-refractivity contribution in [2.24, 2.45) is 0 Å². The van der Waals surface area contributed by atoms with Gasteiger partial charge in [-0.1, -0.05) is 66.4 Å². The number of phosphoric ester groups is 2. The molecule has 34 nitrogen and oxygen atoms in total. The number of aromatic nitrogens is 6. The SMILES string of the molecule is CSCCNc1nc(SCCC(F)(F)F)nc2c1ncn2[C@@H]1O[C@H](COP(=O)(O)OP(=O)(O)OP(=O)(O)OP(=O)(O)OC[C@H]2O[C@@H](Cn3ccc(=O)[nH]c3=O)[C@H](OC(=O)Nc3ccccc3)[C@@H]2OC(=O)Nc2ccccc2)[C@@H](O)[C@H]1OC(=O)Nc1ccccc1. The molecule has 2 aliphatic rings. The summed E-state index contributed by atoms with van der Waals surface area (Å²) in [5, 5.41) is 21.7. The topological polar surface area (TPSA) is 460 Å². The number of rotatable bonds is 28. The van der Waals surface area contributed by atoms with Gasteiger partial charge in [-0.15, -0.1) is 0 Å². The standard InChI is InChI=1S/C47H53F3N10O24P4S2/c1-89-22-19-51-39-34-40(58-42(57-39)90-21-18-47(48,49)50)60(26-52-34)41-38(81-46(66)55-29-15-9-4-10-16-29)35(62)31(78-41)24-75-85(67,68)82-87(71,72)84-88(73,74)83-86(69,70)76-25-32-37(80-45(65)54-28-13-7-3-8-14-28)36(79-44(64)53-27-11-5-2-6-12-27)30(77-32)23-59-20-17-33(61)56-43(59)63/h2-17,20,26,30-32,35-38,41,62H,18-19,21-25H2,1H3,(H,53,64)(H,54,65)(H,55,66)(H,67,68)(H,69,70)(H,71,72)(H,73,74)(H,51,57,58)(H,56,61,63)/t30-,31+,32+,35+,36-,37+,38+,41+/m0/s1. The number of imidazole rings is 1. The van der Waals surface area contributed by atoms with Crippen molar-refractivity contribution in [2.75, 3.05) is 58.8 Å². The van der Waals surface area contributed by atoms with Gasteiger partial charge < -0.3 is 53.7 Å². The Hall–Kier alpha value is -6.57. The van der Waals surface area contributed by atoms with Crippen LogP contribution in [0, 0.1) is 0 Å². The van der Waals surface area contributed by atoms with Gasteiger partial charge in [-0.05, 0) is 42.7 Å². The predicted octanol–water partition coefficient (Wildman–Crippen LogP) is 6.56. The molecule has 2 fully saturated rings. The number of aliphatic hydroxyl groups is 1. The van der Waals surface area contributed by atoms with Gasteiger partial charge >= 0.3 is 61.4 Å². The van der Waals surface area contributed by atoms with Gasteiger partial charge in [0.15, 0.2) is 46.7 Å². The van der Waals surface area contributed by atoms with Crippen LogP contribution in [0.5, 0.6) is 0 Å². The lowest BCUT2D eigenvalue weighted by Crippen LogP contribution is -2.44. The highest BCUT2D eigenvalue weighted by Gasteiger charge is 2.53. The molecule has 3 aromatic carbocycles. The van der Waals surface area contributed by atoms with Crippen LogP contribution >= 0.6 is 54.8 Å². The number of amides is 3. The molecule has 43 heteroatoms. The van der Waals surface area contributed by atoms with E-state index in [9.17, 15) is 80.1 Å². The fourth-order valence-corrected chi connectivity index (χ4v) is 14.4. The van der Waals surface area contributed by atoms with Crippen LogP contribution in [0.2, 0.25) is 0 Å². The molecular weight excluding hydrogens is 1330 g/mol. The summed E-state index contributed by atoms with van der Waals surface area (Å²) in [7, 11) is -25.3. The maximum atomic E-state index is 13.4. The second-order valence-electron chi connectivity index (χ2n) is 18.6. The van der Waals surface area contributed by atoms with Crippen LogP contribution in [0.25, 0.3) is 11.2 Å². The molecule has 2 aliphatic heterocycles. The first kappa shape index (κ1) is 69.3. The number of anilines is 4. The van der Waals surface area contributed by atoms with Crippen LogP contribution in [0.4, 0.5) is 50.4 Å². The molecule has 0 radical (unpaired) electrons. The Morgan fingerprint density at radius 2 is 1.18 bits per heavy atom. The number of aliphatic hydroxyl groups excluding tert-OH is 1. The van der Waals surface area contributed by atoms with E-state index in [2.05, 4.69) is 49.2 Å². The second-order valence-corrected chi connectivity index (χ2v) is 26.9. The molecule has 8 rings (SSSR count). The summed E-state index contributed by atoms with van der Waals surface area (Å²) in [6, 6.07) is 24.0. The van der Waals surface area contributed by atoms with Crippen molar-refractivity contribution in [1.29, 1.82) is 0 Å². The lowest BCUT2D eigenvalue weighted by molar-refractivity contribution is -0.129. The normalized spacial score (nSPS) is 22.7. The quantitative estimate of drug-likeness (QED) is 0.00817. The Balaban J connectivity index is 0.956. The maximum Gasteiger partial charge on any atom is 0.490 e. The third kappa shape index (κ3) is 20.2. The van der Waals surface area contributed by atoms with E-state index in [1.165, 1.54) is 48.2 Å². The number of nitrogens with zero attached hydrogens (tertiary/aromatic N) is 5. The monoisotopic (exact) mass is 1390 g/mol. The van der Waals surface area contributed by atoms with E-state index in [1.807, 2.05) is 11.2 Å². The molecule has 6 aromatic rings. The molecule has 10 N–H and O–H groups in total. The smallest absolute Gasteiger partial charge is 0.439 e. The molecule has 0 saturated carbocycles. The van der Waals surface area contributed by atoms with Crippen LogP contribution < -0.4 is 32.5 Å². The van der Waals surface area contributed by atoms with E-state index >= 15 is 0 Å². The molecule has 3 amide bonds. The molecule has 2 saturated heterocycles. The number of alkyl halides is 3. The first-order chi connectivity index (χ1) is 42.5. The number of ether oxygens (including phenoxy) is 5. The van der Waals surface area contributed by atoms with Gasteiger partial charge in [0, 0.05) is 47.4 Å². The number of thioether (sulfide) groups is 2. The molecular formula is C47H53F3N10O24P4S2. The Labute approximate surface area is 512 Å². The van der Waals surface area contributed by atoms with Crippen molar-refractivity contribution in [1.82, 2.24) is 29.1 Å². The highest BCUT2D eigenvalue weighted by Crippen LogP contribution is 2.71. The fraction of sp³-hybridized carbons (Fsp3) is 0.362. The lowest BCUT2D eigenvalue weighted by atomic mass is 10.1. The third-order valence-electron chi connectivity index (χ3n) is 12.1. The first-order valence-electron chi connectivity index (χ1n) is 25.8. The van der Waals surface area contributed by atoms with Crippen molar-refractivity contribution in [3.63, 3.8) is 0 Å². The second kappa shape index (κ2) is 30.2. The van der Waals surface area contributed by atoms with E-state index in [0.29, 0.717) is 24.1 Å². The average molecular weight is 1390 g/mol. The Bertz CT molecular complexity index is 3800. The summed E-state index contributed by atoms with van der Waals surface area (Å²) < 4.78 is 145. The van der Waals surface area contributed by atoms with Crippen LogP contribution in [0.15, 0.2) is 124 Å². The van der Waals surface area contributed by atoms with Crippen molar-refractivity contribution in [3.05, 3.63) is 130 Å². The van der Waals surface area contributed by atoms with Gasteiger partial charge in [0.25, 0.3) is 5.56 Å². The summed E-state index contributed by atoms with van der Waals surface area (Å²) in [6.45, 7) is -2.95. The molecule has 90 heavy (non-hydrogen) atoms. The Morgan fingerprint density at radius 3 is 1.69 bits per heavy atom. The van der Waals surface area contributed by atoms with Gasteiger partial charge in [0.05, 0.1) is 32.5 Å². The number of H-pyrrole nitrogens is 1. The van der Waals surface area contributed by atoms with Crippen molar-refractivity contribution in [2.45, 2.75) is 73.3 Å². The largest absolute Gasteiger partial charge is 0.490 e. The average Bonchev–Trinajstić information content (AvgIpc) is 1.64. The van der Waals surface area contributed by atoms with Gasteiger partial charge in [-0.2, -0.15) is 37.9 Å². The fourth-order valence-electron chi connectivity index (χ4n) is 8.34. The zero-order valence-electron chi connectivity index (χ0n) is 45.9. The minimum absolute atomic E-state index is 0.0221. The number of aromatic amines is 1. The summed E-state index contributed by atoms with van der Waals surface area (Å²) in [6.07, 6.45) is -20.1. The molecule has 3 aromatic heterocycles. The summed E-state index contributed by atoms with van der Waals surface area (Å²) in [4.78, 5) is 122. The van der Waals surface area contributed by atoms with E-state index in [0.717, 1.165) is 27.7 Å². The third-order valence-corrected chi connectivity index (χ3v) is 19.5. The zero-order valence-corrected chi connectivity index (χ0v) is 51.1. The molecule has 5 heterocycles. The minimum atomic E-state index is -6.51. The molecule has 4 unspecified atom stereocenters. The van der Waals surface area contributed by atoms with Gasteiger partial charge in [0.2, 0.25) is 0 Å². The Kier molecular flexibility index (Phi) is 23.3. The van der Waals surface area contributed by atoms with Gasteiger partial charge in [-0.25, -0.2) is 52.4 Å². The summed E-state index contributed by atoms with van der Waals surface area (Å²) in [5.41, 5.74) is -1.33. The lowest BCUT2D eigenvalue weighted by Gasteiger charge is -2.25. The number of phosphoric acid groups is 4. The number of fused-ring (bicyclic) bond motifs is 1. The first-order valence-corrected chi connectivity index (χ1v) is 34.2. The number of benzene rings is 3. The van der Waals surface area contributed by atoms with E-state index in [4.69, 9.17) is 32.7 Å². The van der Waals surface area contributed by atoms with Crippen molar-refractivity contribution < 1.29 is 116 Å².